The van der Waals surface area contributed by atoms with Gasteiger partial charge in [0, 0.05) is 21.7 Å². The van der Waals surface area contributed by atoms with E-state index >= 15 is 0 Å². The van der Waals surface area contributed by atoms with Gasteiger partial charge in [0.2, 0.25) is 0 Å². The molecular formula is C13H17Cl2NO4S. The van der Waals surface area contributed by atoms with Crippen LogP contribution >= 0.6 is 22.3 Å². The van der Waals surface area contributed by atoms with E-state index in [1.807, 2.05) is 13.8 Å². The third-order valence-corrected chi connectivity index (χ3v) is 4.38. The quantitative estimate of drug-likeness (QED) is 0.797. The summed E-state index contributed by atoms with van der Waals surface area (Å²) in [5.74, 6) is -0.576. The summed E-state index contributed by atoms with van der Waals surface area (Å²) >= 11 is 5.87. The Hall–Kier alpha value is -0.980. The molecule has 1 N–H and O–H groups in total. The minimum absolute atomic E-state index is 0.0344. The van der Waals surface area contributed by atoms with Crippen LogP contribution in [0.2, 0.25) is 5.02 Å². The van der Waals surface area contributed by atoms with E-state index in [1.165, 1.54) is 13.2 Å². The number of benzene rings is 1. The number of carbonyl (C=O) groups is 1. The van der Waals surface area contributed by atoms with Crippen molar-refractivity contribution in [1.82, 2.24) is 5.32 Å². The van der Waals surface area contributed by atoms with Crippen LogP contribution in [0.4, 0.5) is 0 Å². The van der Waals surface area contributed by atoms with E-state index in [4.69, 9.17) is 27.0 Å². The Morgan fingerprint density at radius 1 is 1.43 bits per heavy atom. The standard InChI is InChI=1S/C13H17Cl2NO4S/c1-4-5-8(2)16-13(17)10-6-9(14)7-11(12(10)20-3)21(15,18)19/h6-8H,4-5H2,1-3H3,(H,16,17). The largest absolute Gasteiger partial charge is 0.494 e. The van der Waals surface area contributed by atoms with Crippen molar-refractivity contribution >= 4 is 37.2 Å². The smallest absolute Gasteiger partial charge is 0.265 e. The van der Waals surface area contributed by atoms with Crippen LogP contribution in [0.1, 0.15) is 37.0 Å². The van der Waals surface area contributed by atoms with Gasteiger partial charge in [0.15, 0.2) is 5.75 Å². The van der Waals surface area contributed by atoms with Crippen LogP contribution in [-0.4, -0.2) is 27.5 Å². The van der Waals surface area contributed by atoms with Crippen molar-refractivity contribution in [3.63, 3.8) is 0 Å². The van der Waals surface area contributed by atoms with Crippen LogP contribution in [0.3, 0.4) is 0 Å². The molecular weight excluding hydrogens is 337 g/mol. The van der Waals surface area contributed by atoms with Crippen molar-refractivity contribution in [3.8, 4) is 5.75 Å². The third-order valence-electron chi connectivity index (χ3n) is 2.83. The van der Waals surface area contributed by atoms with E-state index in [9.17, 15) is 13.2 Å². The lowest BCUT2D eigenvalue weighted by Gasteiger charge is -2.16. The highest BCUT2D eigenvalue weighted by Crippen LogP contribution is 2.33. The molecule has 1 atom stereocenters. The zero-order valence-electron chi connectivity index (χ0n) is 11.9. The second kappa shape index (κ2) is 7.33. The topological polar surface area (TPSA) is 72.5 Å². The summed E-state index contributed by atoms with van der Waals surface area (Å²) in [6.07, 6.45) is 1.71. The molecule has 0 aliphatic carbocycles. The molecule has 0 aliphatic rings. The van der Waals surface area contributed by atoms with Gasteiger partial charge in [0.1, 0.15) is 4.90 Å². The van der Waals surface area contributed by atoms with E-state index in [1.54, 1.807) is 0 Å². The average Bonchev–Trinajstić information content (AvgIpc) is 2.36. The normalized spacial score (nSPS) is 12.8. The lowest BCUT2D eigenvalue weighted by atomic mass is 10.1. The molecule has 0 bridgehead atoms. The molecule has 21 heavy (non-hydrogen) atoms. The van der Waals surface area contributed by atoms with Crippen LogP contribution in [0.5, 0.6) is 5.75 Å². The Labute approximate surface area is 134 Å². The van der Waals surface area contributed by atoms with E-state index in [0.717, 1.165) is 18.9 Å². The zero-order valence-corrected chi connectivity index (χ0v) is 14.3. The SMILES string of the molecule is CCCC(C)NC(=O)c1cc(Cl)cc(S(=O)(=O)Cl)c1OC. The first-order valence-electron chi connectivity index (χ1n) is 6.33. The maximum atomic E-state index is 12.3. The van der Waals surface area contributed by atoms with Gasteiger partial charge >= 0.3 is 0 Å². The number of methoxy groups -OCH3 is 1. The van der Waals surface area contributed by atoms with Gasteiger partial charge in [0.25, 0.3) is 15.0 Å². The van der Waals surface area contributed by atoms with Gasteiger partial charge in [-0.1, -0.05) is 24.9 Å². The van der Waals surface area contributed by atoms with Crippen molar-refractivity contribution in [1.29, 1.82) is 0 Å². The molecule has 0 spiro atoms. The molecule has 1 unspecified atom stereocenters. The zero-order chi connectivity index (χ0) is 16.2. The average molecular weight is 354 g/mol. The fraction of sp³-hybridized carbons (Fsp3) is 0.462. The fourth-order valence-corrected chi connectivity index (χ4v) is 3.24. The van der Waals surface area contributed by atoms with Gasteiger partial charge in [-0.3, -0.25) is 4.79 Å². The number of amides is 1. The molecule has 0 heterocycles. The fourth-order valence-electron chi connectivity index (χ4n) is 1.94. The summed E-state index contributed by atoms with van der Waals surface area (Å²) in [4.78, 5) is 11.9. The van der Waals surface area contributed by atoms with Crippen LogP contribution < -0.4 is 10.1 Å². The number of rotatable bonds is 6. The molecule has 5 nitrogen and oxygen atoms in total. The van der Waals surface area contributed by atoms with Crippen molar-refractivity contribution in [2.24, 2.45) is 0 Å². The minimum Gasteiger partial charge on any atom is -0.494 e. The first-order valence-corrected chi connectivity index (χ1v) is 9.02. The Balaban J connectivity index is 3.30. The predicted octanol–water partition coefficient (Wildman–Crippen LogP) is 3.19. The second-order valence-corrected chi connectivity index (χ2v) is 7.56. The Bertz CT molecular complexity index is 631. The van der Waals surface area contributed by atoms with Gasteiger partial charge in [0.05, 0.1) is 12.7 Å². The van der Waals surface area contributed by atoms with Gasteiger partial charge < -0.3 is 10.1 Å². The van der Waals surface area contributed by atoms with Crippen molar-refractivity contribution in [3.05, 3.63) is 22.7 Å². The van der Waals surface area contributed by atoms with Gasteiger partial charge in [-0.15, -0.1) is 0 Å². The molecule has 1 rings (SSSR count). The second-order valence-electron chi connectivity index (χ2n) is 4.59. The summed E-state index contributed by atoms with van der Waals surface area (Å²) in [6.45, 7) is 3.86. The highest BCUT2D eigenvalue weighted by Gasteiger charge is 2.24. The number of nitrogens with one attached hydrogen (secondary N) is 1. The lowest BCUT2D eigenvalue weighted by Crippen LogP contribution is -2.32. The summed E-state index contributed by atoms with van der Waals surface area (Å²) in [5, 5.41) is 2.85. The summed E-state index contributed by atoms with van der Waals surface area (Å²) in [6, 6.07) is 2.44. The van der Waals surface area contributed by atoms with Crippen LogP contribution in [0.25, 0.3) is 0 Å². The minimum atomic E-state index is -4.08. The molecule has 0 radical (unpaired) electrons. The molecule has 1 aromatic carbocycles. The Morgan fingerprint density at radius 2 is 2.05 bits per heavy atom. The maximum Gasteiger partial charge on any atom is 0.265 e. The molecule has 0 saturated heterocycles. The van der Waals surface area contributed by atoms with Gasteiger partial charge in [-0.2, -0.15) is 0 Å². The molecule has 1 amide bonds. The molecule has 0 fully saturated rings. The third kappa shape index (κ3) is 4.76. The van der Waals surface area contributed by atoms with Crippen molar-refractivity contribution < 1.29 is 17.9 Å². The van der Waals surface area contributed by atoms with E-state index in [-0.39, 0.29) is 27.3 Å². The number of carbonyl (C=O) groups excluding carboxylic acids is 1. The molecule has 0 saturated carbocycles. The molecule has 8 heteroatoms. The highest BCUT2D eigenvalue weighted by atomic mass is 35.7. The van der Waals surface area contributed by atoms with E-state index in [2.05, 4.69) is 5.32 Å². The van der Waals surface area contributed by atoms with Gasteiger partial charge in [-0.05, 0) is 25.5 Å². The molecule has 1 aromatic rings. The van der Waals surface area contributed by atoms with Crippen LogP contribution in [0, 0.1) is 0 Å². The Kier molecular flexibility index (Phi) is 6.31. The van der Waals surface area contributed by atoms with E-state index < -0.39 is 15.0 Å². The molecule has 118 valence electrons. The first kappa shape index (κ1) is 18.1. The maximum absolute atomic E-state index is 12.3. The molecule has 0 aromatic heterocycles. The first-order chi connectivity index (χ1) is 9.70. The molecule has 0 aliphatic heterocycles. The van der Waals surface area contributed by atoms with Crippen LogP contribution in [0.15, 0.2) is 17.0 Å². The van der Waals surface area contributed by atoms with Crippen molar-refractivity contribution in [2.45, 2.75) is 37.6 Å². The highest BCUT2D eigenvalue weighted by molar-refractivity contribution is 8.13. The predicted molar refractivity (Wildman–Crippen MR) is 82.9 cm³/mol. The van der Waals surface area contributed by atoms with Crippen LogP contribution in [-0.2, 0) is 9.05 Å². The number of ether oxygens (including phenoxy) is 1. The number of halogens is 2. The Morgan fingerprint density at radius 3 is 2.52 bits per heavy atom. The number of hydrogen-bond donors (Lipinski definition) is 1. The van der Waals surface area contributed by atoms with Gasteiger partial charge in [-0.25, -0.2) is 8.42 Å². The monoisotopic (exact) mass is 353 g/mol. The number of hydrogen-bond acceptors (Lipinski definition) is 4. The summed E-state index contributed by atoms with van der Waals surface area (Å²) < 4.78 is 28.2. The summed E-state index contributed by atoms with van der Waals surface area (Å²) in [7, 11) is 2.53. The van der Waals surface area contributed by atoms with Crippen molar-refractivity contribution in [2.75, 3.05) is 7.11 Å². The lowest BCUT2D eigenvalue weighted by molar-refractivity contribution is 0.0935. The van der Waals surface area contributed by atoms with E-state index in [0.29, 0.717) is 0 Å². The summed E-state index contributed by atoms with van der Waals surface area (Å²) in [5.41, 5.74) is 0.0344.